The molecule has 1 atom stereocenters. The fraction of sp³-hybridized carbons (Fsp3) is 0.571. The zero-order chi connectivity index (χ0) is 14.8. The molecule has 0 aliphatic carbocycles. The van der Waals surface area contributed by atoms with Gasteiger partial charge in [-0.25, -0.2) is 0 Å². The molecule has 0 amide bonds. The molecular weight excluding hydrogens is 260 g/mol. The van der Waals surface area contributed by atoms with E-state index in [1.165, 1.54) is 0 Å². The van der Waals surface area contributed by atoms with Crippen molar-refractivity contribution in [2.45, 2.75) is 12.5 Å². The number of nitrogens with two attached hydrogens (primary N) is 1. The number of hydrogen-bond donors (Lipinski definition) is 2. The summed E-state index contributed by atoms with van der Waals surface area (Å²) in [6.07, 6.45) is 0.747. The first-order valence-corrected chi connectivity index (χ1v) is 6.51. The molecule has 20 heavy (non-hydrogen) atoms. The molecule has 1 aromatic carbocycles. The first-order valence-electron chi connectivity index (χ1n) is 6.51. The maximum absolute atomic E-state index is 5.62. The van der Waals surface area contributed by atoms with Crippen LogP contribution in [0.4, 0.5) is 0 Å². The Kier molecular flexibility index (Phi) is 7.98. The molecule has 0 spiro atoms. The van der Waals surface area contributed by atoms with Crippen molar-refractivity contribution in [2.24, 2.45) is 5.84 Å². The van der Waals surface area contributed by atoms with E-state index in [-0.39, 0.29) is 6.04 Å². The van der Waals surface area contributed by atoms with Gasteiger partial charge in [-0.05, 0) is 24.1 Å². The maximum atomic E-state index is 5.62. The van der Waals surface area contributed by atoms with Gasteiger partial charge in [-0.3, -0.25) is 11.3 Å². The normalized spacial score (nSPS) is 12.2. The number of benzene rings is 1. The minimum Gasteiger partial charge on any atom is -0.497 e. The summed E-state index contributed by atoms with van der Waals surface area (Å²) in [6.45, 7) is 1.76. The third kappa shape index (κ3) is 5.34. The van der Waals surface area contributed by atoms with Gasteiger partial charge >= 0.3 is 0 Å². The van der Waals surface area contributed by atoms with Crippen molar-refractivity contribution in [1.29, 1.82) is 0 Å². The van der Waals surface area contributed by atoms with Crippen LogP contribution in [0.25, 0.3) is 0 Å². The average Bonchev–Trinajstić information content (AvgIpc) is 2.50. The van der Waals surface area contributed by atoms with E-state index in [1.54, 1.807) is 21.3 Å². The molecule has 1 unspecified atom stereocenters. The van der Waals surface area contributed by atoms with Crippen molar-refractivity contribution in [2.75, 3.05) is 41.2 Å². The van der Waals surface area contributed by atoms with Gasteiger partial charge in [0, 0.05) is 25.8 Å². The molecule has 0 bridgehead atoms. The Hall–Kier alpha value is -1.34. The van der Waals surface area contributed by atoms with Crippen LogP contribution in [0.15, 0.2) is 18.2 Å². The highest BCUT2D eigenvalue weighted by Crippen LogP contribution is 2.27. The van der Waals surface area contributed by atoms with Gasteiger partial charge in [0.25, 0.3) is 0 Å². The second kappa shape index (κ2) is 9.55. The number of ether oxygens (including phenoxy) is 4. The summed E-state index contributed by atoms with van der Waals surface area (Å²) < 4.78 is 20.9. The molecule has 0 saturated carbocycles. The van der Waals surface area contributed by atoms with Gasteiger partial charge in [-0.2, -0.15) is 0 Å². The van der Waals surface area contributed by atoms with Crippen molar-refractivity contribution >= 4 is 0 Å². The van der Waals surface area contributed by atoms with Crippen molar-refractivity contribution in [1.82, 2.24) is 5.43 Å². The van der Waals surface area contributed by atoms with Crippen LogP contribution in [-0.4, -0.2) is 41.2 Å². The van der Waals surface area contributed by atoms with Gasteiger partial charge in [-0.15, -0.1) is 0 Å². The second-order valence-electron chi connectivity index (χ2n) is 4.26. The molecule has 6 heteroatoms. The Morgan fingerprint density at radius 3 is 2.15 bits per heavy atom. The quantitative estimate of drug-likeness (QED) is 0.383. The highest BCUT2D eigenvalue weighted by Gasteiger charge is 2.12. The monoisotopic (exact) mass is 284 g/mol. The van der Waals surface area contributed by atoms with Crippen LogP contribution in [0, 0.1) is 0 Å². The lowest BCUT2D eigenvalue weighted by atomic mass is 10.0. The van der Waals surface area contributed by atoms with E-state index in [9.17, 15) is 0 Å². The largest absolute Gasteiger partial charge is 0.497 e. The molecule has 0 radical (unpaired) electrons. The summed E-state index contributed by atoms with van der Waals surface area (Å²) in [5.74, 6) is 7.09. The summed E-state index contributed by atoms with van der Waals surface area (Å²) >= 11 is 0. The minimum atomic E-state index is -0.0263. The third-order valence-electron chi connectivity index (χ3n) is 2.96. The Balaban J connectivity index is 2.63. The fourth-order valence-corrected chi connectivity index (χ4v) is 1.82. The predicted molar refractivity (Wildman–Crippen MR) is 76.9 cm³/mol. The van der Waals surface area contributed by atoms with Crippen LogP contribution in [0.2, 0.25) is 0 Å². The van der Waals surface area contributed by atoms with Crippen LogP contribution in [0.5, 0.6) is 11.5 Å². The standard InChI is InChI=1S/C14H24N2O4/c1-17-6-7-20-5-4-14(16-15)11-8-12(18-2)10-13(9-11)19-3/h8-10,14,16H,4-7,15H2,1-3H3. The van der Waals surface area contributed by atoms with Crippen LogP contribution >= 0.6 is 0 Å². The summed E-state index contributed by atoms with van der Waals surface area (Å²) in [4.78, 5) is 0. The highest BCUT2D eigenvalue weighted by atomic mass is 16.5. The molecule has 0 aromatic heterocycles. The smallest absolute Gasteiger partial charge is 0.122 e. The van der Waals surface area contributed by atoms with E-state index < -0.39 is 0 Å². The summed E-state index contributed by atoms with van der Waals surface area (Å²) in [5.41, 5.74) is 3.79. The SMILES string of the molecule is COCCOCCC(NN)c1cc(OC)cc(OC)c1. The van der Waals surface area contributed by atoms with Crippen LogP contribution in [0.3, 0.4) is 0 Å². The molecule has 1 aromatic rings. The number of hydrogen-bond acceptors (Lipinski definition) is 6. The predicted octanol–water partition coefficient (Wildman–Crippen LogP) is 1.26. The molecular formula is C14H24N2O4. The van der Waals surface area contributed by atoms with Crippen LogP contribution in [-0.2, 0) is 9.47 Å². The van der Waals surface area contributed by atoms with E-state index in [1.807, 2.05) is 18.2 Å². The van der Waals surface area contributed by atoms with Crippen molar-refractivity contribution in [3.8, 4) is 11.5 Å². The van der Waals surface area contributed by atoms with Crippen LogP contribution in [0.1, 0.15) is 18.0 Å². The first-order chi connectivity index (χ1) is 9.74. The number of rotatable bonds is 10. The van der Waals surface area contributed by atoms with Gasteiger partial charge in [0.15, 0.2) is 0 Å². The highest BCUT2D eigenvalue weighted by molar-refractivity contribution is 5.39. The lowest BCUT2D eigenvalue weighted by Gasteiger charge is -2.18. The molecule has 0 heterocycles. The Bertz CT molecular complexity index is 365. The van der Waals surface area contributed by atoms with Crippen molar-refractivity contribution < 1.29 is 18.9 Å². The number of nitrogens with one attached hydrogen (secondary N) is 1. The zero-order valence-electron chi connectivity index (χ0n) is 12.3. The molecule has 0 aliphatic rings. The topological polar surface area (TPSA) is 75.0 Å². The minimum absolute atomic E-state index is 0.0263. The Morgan fingerprint density at radius 1 is 1.00 bits per heavy atom. The van der Waals surface area contributed by atoms with Crippen LogP contribution < -0.4 is 20.7 Å². The third-order valence-corrected chi connectivity index (χ3v) is 2.96. The maximum Gasteiger partial charge on any atom is 0.122 e. The number of methoxy groups -OCH3 is 3. The molecule has 0 aliphatic heterocycles. The Morgan fingerprint density at radius 2 is 1.65 bits per heavy atom. The molecule has 0 saturated heterocycles. The van der Waals surface area contributed by atoms with Gasteiger partial charge in [0.05, 0.1) is 27.4 Å². The van der Waals surface area contributed by atoms with Crippen molar-refractivity contribution in [3.63, 3.8) is 0 Å². The van der Waals surface area contributed by atoms with Gasteiger partial charge in [0.1, 0.15) is 11.5 Å². The molecule has 1 rings (SSSR count). The van der Waals surface area contributed by atoms with Gasteiger partial charge in [0.2, 0.25) is 0 Å². The second-order valence-corrected chi connectivity index (χ2v) is 4.26. The van der Waals surface area contributed by atoms with Gasteiger partial charge in [-0.1, -0.05) is 0 Å². The first kappa shape index (κ1) is 16.7. The Labute approximate surface area is 120 Å². The molecule has 3 N–H and O–H groups in total. The van der Waals surface area contributed by atoms with Crippen molar-refractivity contribution in [3.05, 3.63) is 23.8 Å². The zero-order valence-corrected chi connectivity index (χ0v) is 12.3. The van der Waals surface area contributed by atoms with E-state index in [0.29, 0.717) is 19.8 Å². The van der Waals surface area contributed by atoms with E-state index in [4.69, 9.17) is 24.8 Å². The summed E-state index contributed by atoms with van der Waals surface area (Å²) in [7, 11) is 4.89. The molecule has 0 fully saturated rings. The average molecular weight is 284 g/mol. The lowest BCUT2D eigenvalue weighted by Crippen LogP contribution is -2.29. The fourth-order valence-electron chi connectivity index (χ4n) is 1.82. The van der Waals surface area contributed by atoms with E-state index in [2.05, 4.69) is 5.43 Å². The van der Waals surface area contributed by atoms with E-state index >= 15 is 0 Å². The summed E-state index contributed by atoms with van der Waals surface area (Å²) in [6, 6.07) is 5.66. The molecule has 114 valence electrons. The molecule has 6 nitrogen and oxygen atoms in total. The lowest BCUT2D eigenvalue weighted by molar-refractivity contribution is 0.0657. The van der Waals surface area contributed by atoms with E-state index in [0.717, 1.165) is 23.5 Å². The van der Waals surface area contributed by atoms with Gasteiger partial charge < -0.3 is 18.9 Å². The summed E-state index contributed by atoms with van der Waals surface area (Å²) in [5, 5.41) is 0. The number of hydrazine groups is 1.